The first kappa shape index (κ1) is 16.5. The average molecular weight is 302 g/mol. The quantitative estimate of drug-likeness (QED) is 0.487. The first-order valence-corrected chi connectivity index (χ1v) is 7.74. The molecule has 0 bridgehead atoms. The van der Waals surface area contributed by atoms with E-state index in [4.69, 9.17) is 10.3 Å². The molecule has 0 heterocycles. The molecule has 0 aliphatic heterocycles. The molecular formula is C12H18N2O5S. The van der Waals surface area contributed by atoms with Crippen LogP contribution in [-0.4, -0.2) is 29.2 Å². The third-order valence-electron chi connectivity index (χ3n) is 3.10. The Labute approximate surface area is 117 Å². The maximum Gasteiger partial charge on any atom is 0.269 e. The molecule has 0 saturated heterocycles. The van der Waals surface area contributed by atoms with E-state index in [0.29, 0.717) is 12.8 Å². The van der Waals surface area contributed by atoms with E-state index in [2.05, 4.69) is 0 Å². The Kier molecular flexibility index (Phi) is 6.05. The molecule has 7 nitrogen and oxygen atoms in total. The van der Waals surface area contributed by atoms with Crippen molar-refractivity contribution >= 4 is 15.8 Å². The highest BCUT2D eigenvalue weighted by molar-refractivity contribution is 7.86. The summed E-state index contributed by atoms with van der Waals surface area (Å²) in [6.45, 7) is 0. The van der Waals surface area contributed by atoms with Crippen molar-refractivity contribution in [3.63, 3.8) is 0 Å². The molecule has 0 amide bonds. The summed E-state index contributed by atoms with van der Waals surface area (Å²) in [5, 5.41) is 9.28. The summed E-state index contributed by atoms with van der Waals surface area (Å²) in [7, 11) is -3.90. The van der Waals surface area contributed by atoms with Crippen LogP contribution in [0.5, 0.6) is 0 Å². The van der Waals surface area contributed by atoms with Crippen LogP contribution in [0.3, 0.4) is 0 Å². The van der Waals surface area contributed by atoms with E-state index in [0.717, 1.165) is 12.8 Å². The smallest absolute Gasteiger partial charge is 0.269 e. The standard InChI is InChI=1S/C6H13NO3S.C6H5NO2/c7-5-3-1-2-4-6(5)11(8,9)10;8-7(9)6-4-2-1-3-5-6/h5-6H,1-4,7H2,(H,8,9,10);1-5H. The number of hydrogen-bond donors (Lipinski definition) is 2. The molecule has 0 radical (unpaired) electrons. The van der Waals surface area contributed by atoms with Gasteiger partial charge in [-0.2, -0.15) is 8.42 Å². The SMILES string of the molecule is NC1CCCCC1S(=O)(=O)O.O=[N+]([O-])c1ccccc1. The summed E-state index contributed by atoms with van der Waals surface area (Å²) < 4.78 is 30.0. The average Bonchev–Trinajstić information content (AvgIpc) is 2.39. The second-order valence-electron chi connectivity index (χ2n) is 4.59. The number of nitro groups is 1. The van der Waals surface area contributed by atoms with Crippen molar-refractivity contribution in [2.45, 2.75) is 37.0 Å². The molecule has 1 aliphatic rings. The van der Waals surface area contributed by atoms with Crippen molar-refractivity contribution in [2.75, 3.05) is 0 Å². The van der Waals surface area contributed by atoms with Crippen LogP contribution in [0.2, 0.25) is 0 Å². The normalized spacial score (nSPS) is 22.5. The van der Waals surface area contributed by atoms with Crippen LogP contribution in [-0.2, 0) is 10.1 Å². The van der Waals surface area contributed by atoms with Gasteiger partial charge in [-0.05, 0) is 12.8 Å². The zero-order valence-corrected chi connectivity index (χ0v) is 11.7. The highest BCUT2D eigenvalue weighted by Crippen LogP contribution is 2.21. The van der Waals surface area contributed by atoms with E-state index in [1.807, 2.05) is 0 Å². The van der Waals surface area contributed by atoms with Crippen LogP contribution in [0.4, 0.5) is 5.69 Å². The zero-order valence-electron chi connectivity index (χ0n) is 10.9. The van der Waals surface area contributed by atoms with Crippen molar-refractivity contribution in [1.29, 1.82) is 0 Å². The number of nitrogens with zero attached hydrogens (tertiary/aromatic N) is 1. The minimum absolute atomic E-state index is 0.137. The van der Waals surface area contributed by atoms with Gasteiger partial charge in [0.05, 0.1) is 4.92 Å². The first-order chi connectivity index (χ1) is 9.32. The van der Waals surface area contributed by atoms with Gasteiger partial charge < -0.3 is 5.73 Å². The summed E-state index contributed by atoms with van der Waals surface area (Å²) in [5.41, 5.74) is 5.66. The molecule has 2 rings (SSSR count). The van der Waals surface area contributed by atoms with Gasteiger partial charge in [-0.15, -0.1) is 0 Å². The number of nitrogens with two attached hydrogens (primary N) is 1. The maximum atomic E-state index is 10.7. The van der Waals surface area contributed by atoms with E-state index in [-0.39, 0.29) is 11.7 Å². The zero-order chi connectivity index (χ0) is 15.2. The molecule has 1 aromatic rings. The topological polar surface area (TPSA) is 124 Å². The molecule has 1 aliphatic carbocycles. The van der Waals surface area contributed by atoms with Crippen molar-refractivity contribution in [3.8, 4) is 0 Å². The van der Waals surface area contributed by atoms with Gasteiger partial charge in [-0.1, -0.05) is 31.0 Å². The van der Waals surface area contributed by atoms with Crippen LogP contribution in [0.1, 0.15) is 25.7 Å². The van der Waals surface area contributed by atoms with Crippen LogP contribution in [0.15, 0.2) is 30.3 Å². The summed E-state index contributed by atoms with van der Waals surface area (Å²) in [6, 6.07) is 7.56. The Balaban J connectivity index is 0.000000204. The van der Waals surface area contributed by atoms with Gasteiger partial charge in [0.1, 0.15) is 5.25 Å². The highest BCUT2D eigenvalue weighted by atomic mass is 32.2. The van der Waals surface area contributed by atoms with Gasteiger partial charge in [0.25, 0.3) is 15.8 Å². The number of para-hydroxylation sites is 1. The fourth-order valence-electron chi connectivity index (χ4n) is 2.05. The van der Waals surface area contributed by atoms with Gasteiger partial charge in [0, 0.05) is 18.2 Å². The molecule has 2 atom stereocenters. The summed E-state index contributed by atoms with van der Waals surface area (Å²) >= 11 is 0. The molecule has 20 heavy (non-hydrogen) atoms. The number of hydrogen-bond acceptors (Lipinski definition) is 5. The Bertz CT molecular complexity index is 532. The molecule has 3 N–H and O–H groups in total. The molecule has 2 unspecified atom stereocenters. The van der Waals surface area contributed by atoms with Gasteiger partial charge >= 0.3 is 0 Å². The van der Waals surface area contributed by atoms with Gasteiger partial charge in [0.2, 0.25) is 0 Å². The number of nitro benzene ring substituents is 1. The Morgan fingerprint density at radius 2 is 1.75 bits per heavy atom. The van der Waals surface area contributed by atoms with E-state index in [9.17, 15) is 18.5 Å². The molecule has 1 saturated carbocycles. The van der Waals surface area contributed by atoms with Crippen LogP contribution >= 0.6 is 0 Å². The second-order valence-corrected chi connectivity index (χ2v) is 6.23. The molecule has 0 aromatic heterocycles. The summed E-state index contributed by atoms with van der Waals surface area (Å²) in [6.07, 6.45) is 3.01. The Morgan fingerprint density at radius 3 is 2.10 bits per heavy atom. The fourth-order valence-corrected chi connectivity index (χ4v) is 3.09. The lowest BCUT2D eigenvalue weighted by Crippen LogP contribution is -2.42. The van der Waals surface area contributed by atoms with Gasteiger partial charge in [-0.3, -0.25) is 14.7 Å². The first-order valence-electron chi connectivity index (χ1n) is 6.23. The summed E-state index contributed by atoms with van der Waals surface area (Å²) in [4.78, 5) is 9.59. The maximum absolute atomic E-state index is 10.7. The highest BCUT2D eigenvalue weighted by Gasteiger charge is 2.31. The summed E-state index contributed by atoms with van der Waals surface area (Å²) in [5.74, 6) is 0. The third-order valence-corrected chi connectivity index (χ3v) is 4.45. The van der Waals surface area contributed by atoms with Gasteiger partial charge in [0.15, 0.2) is 0 Å². The minimum Gasteiger partial charge on any atom is -0.326 e. The van der Waals surface area contributed by atoms with Gasteiger partial charge in [-0.25, -0.2) is 0 Å². The van der Waals surface area contributed by atoms with Crippen molar-refractivity contribution in [1.82, 2.24) is 0 Å². The predicted octanol–water partition coefficient (Wildman–Crippen LogP) is 1.74. The Morgan fingerprint density at radius 1 is 1.20 bits per heavy atom. The lowest BCUT2D eigenvalue weighted by atomic mass is 9.96. The third kappa shape index (κ3) is 5.24. The van der Waals surface area contributed by atoms with Crippen LogP contribution < -0.4 is 5.73 Å². The van der Waals surface area contributed by atoms with Crippen molar-refractivity contribution in [2.24, 2.45) is 5.73 Å². The molecular weight excluding hydrogens is 284 g/mol. The van der Waals surface area contributed by atoms with E-state index < -0.39 is 20.3 Å². The van der Waals surface area contributed by atoms with E-state index in [1.165, 1.54) is 12.1 Å². The van der Waals surface area contributed by atoms with Crippen molar-refractivity contribution in [3.05, 3.63) is 40.4 Å². The number of benzene rings is 1. The molecule has 0 spiro atoms. The predicted molar refractivity (Wildman–Crippen MR) is 74.9 cm³/mol. The van der Waals surface area contributed by atoms with E-state index >= 15 is 0 Å². The van der Waals surface area contributed by atoms with Crippen LogP contribution in [0.25, 0.3) is 0 Å². The number of rotatable bonds is 2. The van der Waals surface area contributed by atoms with Crippen molar-refractivity contribution < 1.29 is 17.9 Å². The van der Waals surface area contributed by atoms with E-state index in [1.54, 1.807) is 18.2 Å². The fraction of sp³-hybridized carbons (Fsp3) is 0.500. The molecule has 1 fully saturated rings. The lowest BCUT2D eigenvalue weighted by Gasteiger charge is -2.25. The Hall–Kier alpha value is -1.51. The number of non-ortho nitro benzene ring substituents is 1. The van der Waals surface area contributed by atoms with Crippen LogP contribution in [0, 0.1) is 10.1 Å². The monoisotopic (exact) mass is 302 g/mol. The lowest BCUT2D eigenvalue weighted by molar-refractivity contribution is -0.384. The molecule has 1 aromatic carbocycles. The largest absolute Gasteiger partial charge is 0.326 e. The minimum atomic E-state index is -3.90. The second kappa shape index (κ2) is 7.32. The molecule has 8 heteroatoms. The molecule has 112 valence electrons.